The van der Waals surface area contributed by atoms with Crippen LogP contribution in [0, 0.1) is 24.7 Å². The molecular formula is C27H28N2O4S. The lowest BCUT2D eigenvalue weighted by molar-refractivity contribution is -0.148. The van der Waals surface area contributed by atoms with Gasteiger partial charge in [-0.15, -0.1) is 11.3 Å². The van der Waals surface area contributed by atoms with Crippen LogP contribution in [0.4, 0.5) is 5.13 Å². The molecule has 2 unspecified atom stereocenters. The molecule has 1 saturated heterocycles. The lowest BCUT2D eigenvalue weighted by Gasteiger charge is -2.36. The van der Waals surface area contributed by atoms with Crippen molar-refractivity contribution >= 4 is 28.7 Å². The summed E-state index contributed by atoms with van der Waals surface area (Å²) in [7, 11) is 1.49. The zero-order chi connectivity index (χ0) is 23.7. The number of ether oxygens (including phenoxy) is 2. The van der Waals surface area contributed by atoms with E-state index in [1.165, 1.54) is 7.11 Å². The monoisotopic (exact) mass is 476 g/mol. The molecule has 1 aromatic heterocycles. The highest BCUT2D eigenvalue weighted by molar-refractivity contribution is 7.14. The number of carbonyl (C=O) groups excluding carboxylic acids is 2. The first-order valence-electron chi connectivity index (χ1n) is 11.6. The fourth-order valence-electron chi connectivity index (χ4n) is 5.26. The molecule has 2 aliphatic rings. The highest BCUT2D eigenvalue weighted by Crippen LogP contribution is 2.45. The molecule has 2 bridgehead atoms. The summed E-state index contributed by atoms with van der Waals surface area (Å²) in [5.74, 6) is 1.42. The Kier molecular flexibility index (Phi) is 6.37. The van der Waals surface area contributed by atoms with Crippen molar-refractivity contribution < 1.29 is 19.1 Å². The van der Waals surface area contributed by atoms with E-state index in [9.17, 15) is 9.59 Å². The number of hydrogen-bond donors (Lipinski definition) is 0. The van der Waals surface area contributed by atoms with E-state index in [0.29, 0.717) is 24.0 Å². The molecule has 2 fully saturated rings. The quantitative estimate of drug-likeness (QED) is 0.347. The van der Waals surface area contributed by atoms with Crippen LogP contribution in [0.25, 0.3) is 11.3 Å². The fraction of sp³-hybridized carbons (Fsp3) is 0.370. The number of aromatic nitrogens is 1. The van der Waals surface area contributed by atoms with Crippen molar-refractivity contribution in [3.8, 4) is 17.0 Å². The van der Waals surface area contributed by atoms with Crippen molar-refractivity contribution in [2.24, 2.45) is 17.8 Å². The molecule has 1 aliphatic heterocycles. The molecule has 5 rings (SSSR count). The van der Waals surface area contributed by atoms with Gasteiger partial charge in [-0.05, 0) is 49.3 Å². The number of rotatable bonds is 7. The number of piperidine rings is 1. The first kappa shape index (κ1) is 22.6. The molecule has 2 heterocycles. The number of thiazole rings is 1. The second-order valence-corrected chi connectivity index (χ2v) is 10.1. The zero-order valence-electron chi connectivity index (χ0n) is 19.4. The van der Waals surface area contributed by atoms with E-state index in [1.807, 2.05) is 24.3 Å². The highest BCUT2D eigenvalue weighted by atomic mass is 32.1. The summed E-state index contributed by atoms with van der Waals surface area (Å²) < 4.78 is 11.2. The van der Waals surface area contributed by atoms with Crippen molar-refractivity contribution in [2.75, 3.05) is 25.1 Å². The van der Waals surface area contributed by atoms with Crippen LogP contribution >= 0.6 is 11.3 Å². The molecule has 34 heavy (non-hydrogen) atoms. The minimum Gasteiger partial charge on any atom is -0.488 e. The van der Waals surface area contributed by atoms with Crippen LogP contribution < -0.4 is 9.64 Å². The molecule has 0 radical (unpaired) electrons. The van der Waals surface area contributed by atoms with Crippen molar-refractivity contribution in [1.82, 2.24) is 4.98 Å². The highest BCUT2D eigenvalue weighted by Gasteiger charge is 2.47. The molecule has 2 atom stereocenters. The Balaban J connectivity index is 1.33. The molecule has 6 nitrogen and oxygen atoms in total. The second-order valence-electron chi connectivity index (χ2n) is 9.21. The van der Waals surface area contributed by atoms with Gasteiger partial charge < -0.3 is 14.4 Å². The van der Waals surface area contributed by atoms with Gasteiger partial charge in [0.2, 0.25) is 0 Å². The van der Waals surface area contributed by atoms with Gasteiger partial charge in [-0.3, -0.25) is 9.59 Å². The molecule has 176 valence electrons. The summed E-state index contributed by atoms with van der Waals surface area (Å²) in [4.78, 5) is 30.4. The summed E-state index contributed by atoms with van der Waals surface area (Å²) in [6.45, 7) is 4.17. The molecule has 0 spiro atoms. The van der Waals surface area contributed by atoms with E-state index in [4.69, 9.17) is 14.5 Å². The lowest BCUT2D eigenvalue weighted by atomic mass is 9.85. The normalized spacial score (nSPS) is 21.4. The van der Waals surface area contributed by atoms with Crippen LogP contribution in [0.2, 0.25) is 0 Å². The van der Waals surface area contributed by atoms with Crippen LogP contribution in [0.15, 0.2) is 47.8 Å². The average molecular weight is 477 g/mol. The number of anilines is 1. The van der Waals surface area contributed by atoms with Gasteiger partial charge in [0, 0.05) is 29.6 Å². The number of benzene rings is 2. The smallest absolute Gasteiger partial charge is 0.309 e. The summed E-state index contributed by atoms with van der Waals surface area (Å²) in [6.07, 6.45) is 2.98. The number of aryl methyl sites for hydroxylation is 1. The van der Waals surface area contributed by atoms with Gasteiger partial charge in [0.05, 0.1) is 18.7 Å². The van der Waals surface area contributed by atoms with Crippen molar-refractivity contribution in [3.05, 3.63) is 64.5 Å². The minimum absolute atomic E-state index is 0.0260. The summed E-state index contributed by atoms with van der Waals surface area (Å²) in [5, 5.41) is 3.08. The van der Waals surface area contributed by atoms with Crippen molar-refractivity contribution in [3.63, 3.8) is 0 Å². The van der Waals surface area contributed by atoms with Crippen LogP contribution in [0.5, 0.6) is 5.75 Å². The third-order valence-electron chi connectivity index (χ3n) is 6.99. The van der Waals surface area contributed by atoms with E-state index < -0.39 is 0 Å². The maximum Gasteiger partial charge on any atom is 0.309 e. The number of methoxy groups -OCH3 is 1. The number of carbonyl (C=O) groups is 2. The number of esters is 1. The number of fused-ring (bicyclic) bond motifs is 2. The maximum absolute atomic E-state index is 12.2. The number of aldehydes is 1. The van der Waals surface area contributed by atoms with Crippen LogP contribution in [-0.4, -0.2) is 37.4 Å². The molecule has 1 aliphatic carbocycles. The minimum atomic E-state index is -0.0608. The molecule has 3 aromatic rings. The Morgan fingerprint density at radius 3 is 2.56 bits per heavy atom. The third kappa shape index (κ3) is 4.44. The van der Waals surface area contributed by atoms with E-state index in [0.717, 1.165) is 65.5 Å². The van der Waals surface area contributed by atoms with Crippen LogP contribution in [-0.2, 0) is 16.1 Å². The van der Waals surface area contributed by atoms with Gasteiger partial charge in [0.25, 0.3) is 0 Å². The summed E-state index contributed by atoms with van der Waals surface area (Å²) in [5.41, 5.74) is 4.67. The first-order valence-corrected chi connectivity index (χ1v) is 12.5. The first-order chi connectivity index (χ1) is 16.6. The fourth-order valence-corrected chi connectivity index (χ4v) is 6.10. The SMILES string of the molecule is COC(=O)C1C2CCC1CN(c1nc(-c3cc(C)ccc3OCc3ccc(C=O)cc3)cs1)C2. The van der Waals surface area contributed by atoms with E-state index in [1.54, 1.807) is 23.5 Å². The Morgan fingerprint density at radius 1 is 1.15 bits per heavy atom. The van der Waals surface area contributed by atoms with E-state index in [-0.39, 0.29) is 11.9 Å². The summed E-state index contributed by atoms with van der Waals surface area (Å²) >= 11 is 1.64. The molecule has 2 aromatic carbocycles. The van der Waals surface area contributed by atoms with Crippen molar-refractivity contribution in [2.45, 2.75) is 26.4 Å². The molecule has 1 saturated carbocycles. The number of hydrogen-bond acceptors (Lipinski definition) is 7. The topological polar surface area (TPSA) is 68.7 Å². The molecule has 0 amide bonds. The van der Waals surface area contributed by atoms with Gasteiger partial charge in [-0.2, -0.15) is 0 Å². The number of nitrogens with zero attached hydrogens (tertiary/aromatic N) is 2. The van der Waals surface area contributed by atoms with Gasteiger partial charge in [-0.25, -0.2) is 4.98 Å². The van der Waals surface area contributed by atoms with Gasteiger partial charge in [0.1, 0.15) is 18.6 Å². The molecule has 7 heteroatoms. The Morgan fingerprint density at radius 2 is 1.88 bits per heavy atom. The van der Waals surface area contributed by atoms with Gasteiger partial charge in [0.15, 0.2) is 5.13 Å². The maximum atomic E-state index is 12.2. The van der Waals surface area contributed by atoms with Gasteiger partial charge in [-0.1, -0.05) is 35.9 Å². The Bertz CT molecular complexity index is 1180. The van der Waals surface area contributed by atoms with Crippen LogP contribution in [0.3, 0.4) is 0 Å². The summed E-state index contributed by atoms with van der Waals surface area (Å²) in [6, 6.07) is 13.5. The standard InChI is InChI=1S/C27H28N2O4S/c1-17-3-10-24(33-15-19-6-4-18(14-30)5-7-19)22(11-17)23-16-34-27(28-23)29-12-20-8-9-21(13-29)25(20)26(31)32-2/h3-7,10-11,14,16,20-21,25H,8-9,12-13,15H2,1-2H3. The zero-order valence-corrected chi connectivity index (χ0v) is 20.2. The van der Waals surface area contributed by atoms with Gasteiger partial charge >= 0.3 is 5.97 Å². The Labute approximate surface area is 203 Å². The van der Waals surface area contributed by atoms with Crippen molar-refractivity contribution in [1.29, 1.82) is 0 Å². The van der Waals surface area contributed by atoms with Crippen LogP contribution in [0.1, 0.15) is 34.3 Å². The predicted octanol–water partition coefficient (Wildman–Crippen LogP) is 5.15. The average Bonchev–Trinajstić information content (AvgIpc) is 3.45. The Hall–Kier alpha value is -3.19. The van der Waals surface area contributed by atoms with E-state index in [2.05, 4.69) is 23.3 Å². The molecular weight excluding hydrogens is 448 g/mol. The second kappa shape index (κ2) is 9.58. The largest absolute Gasteiger partial charge is 0.488 e. The molecule has 0 N–H and O–H groups in total. The lowest BCUT2D eigenvalue weighted by Crippen LogP contribution is -2.45. The van der Waals surface area contributed by atoms with E-state index >= 15 is 0 Å². The third-order valence-corrected chi connectivity index (χ3v) is 7.89. The predicted molar refractivity (Wildman–Crippen MR) is 132 cm³/mol.